The van der Waals surface area contributed by atoms with Crippen LogP contribution >= 0.6 is 15.9 Å². The molecule has 1 amide bonds. The van der Waals surface area contributed by atoms with E-state index in [4.69, 9.17) is 0 Å². The molecule has 1 saturated carbocycles. The van der Waals surface area contributed by atoms with Crippen LogP contribution in [0.2, 0.25) is 0 Å². The Kier molecular flexibility index (Phi) is 3.90. The van der Waals surface area contributed by atoms with Crippen LogP contribution in [0, 0.1) is 5.41 Å². The fraction of sp³-hybridized carbons (Fsp3) is 0.529. The van der Waals surface area contributed by atoms with E-state index < -0.39 is 0 Å². The molecule has 0 aromatic carbocycles. The van der Waals surface area contributed by atoms with Gasteiger partial charge in [-0.05, 0) is 47.2 Å². The van der Waals surface area contributed by atoms with E-state index in [-0.39, 0.29) is 17.2 Å². The summed E-state index contributed by atoms with van der Waals surface area (Å²) in [6.07, 6.45) is 8.69. The molecule has 1 aliphatic carbocycles. The minimum absolute atomic E-state index is 0.0557. The van der Waals surface area contributed by atoms with E-state index in [9.17, 15) is 4.79 Å². The van der Waals surface area contributed by atoms with E-state index in [1.165, 1.54) is 6.42 Å². The van der Waals surface area contributed by atoms with Crippen molar-refractivity contribution in [3.8, 4) is 0 Å². The van der Waals surface area contributed by atoms with Crippen LogP contribution in [0.3, 0.4) is 0 Å². The predicted octanol–water partition coefficient (Wildman–Crippen LogP) is 2.87. The lowest BCUT2D eigenvalue weighted by molar-refractivity contribution is 0.0723. The SMILES string of the molecule is CCn1cnnc1C1CN(C(=O)c2cncc(Br)c2)CC12CCC2. The van der Waals surface area contributed by atoms with E-state index in [1.54, 1.807) is 18.7 Å². The Morgan fingerprint density at radius 3 is 2.92 bits per heavy atom. The van der Waals surface area contributed by atoms with E-state index in [0.29, 0.717) is 12.1 Å². The molecule has 2 aromatic rings. The summed E-state index contributed by atoms with van der Waals surface area (Å²) >= 11 is 3.39. The Labute approximate surface area is 149 Å². The zero-order chi connectivity index (χ0) is 16.7. The second-order valence-corrected chi connectivity index (χ2v) is 7.74. The molecule has 0 radical (unpaired) electrons. The molecule has 4 rings (SSSR count). The highest BCUT2D eigenvalue weighted by Crippen LogP contribution is 2.55. The molecule has 1 saturated heterocycles. The smallest absolute Gasteiger partial charge is 0.255 e. The number of carbonyl (C=O) groups excluding carboxylic acids is 1. The highest BCUT2D eigenvalue weighted by molar-refractivity contribution is 9.10. The molecule has 1 spiro atoms. The average Bonchev–Trinajstić information content (AvgIpc) is 3.17. The summed E-state index contributed by atoms with van der Waals surface area (Å²) in [6.45, 7) is 4.48. The van der Waals surface area contributed by atoms with Crippen LogP contribution in [0.1, 0.15) is 48.3 Å². The van der Waals surface area contributed by atoms with Crippen LogP contribution < -0.4 is 0 Å². The number of halogens is 1. The number of hydrogen-bond donors (Lipinski definition) is 0. The number of hydrogen-bond acceptors (Lipinski definition) is 4. The zero-order valence-corrected chi connectivity index (χ0v) is 15.2. The molecule has 24 heavy (non-hydrogen) atoms. The fourth-order valence-electron chi connectivity index (χ4n) is 4.11. The lowest BCUT2D eigenvalue weighted by Crippen LogP contribution is -2.38. The number of aryl methyl sites for hydroxylation is 1. The highest BCUT2D eigenvalue weighted by atomic mass is 79.9. The van der Waals surface area contributed by atoms with Gasteiger partial charge in [-0.15, -0.1) is 10.2 Å². The maximum absolute atomic E-state index is 12.9. The summed E-state index contributed by atoms with van der Waals surface area (Å²) in [6, 6.07) is 1.84. The maximum Gasteiger partial charge on any atom is 0.255 e. The summed E-state index contributed by atoms with van der Waals surface area (Å²) in [5.41, 5.74) is 0.811. The average molecular weight is 390 g/mol. The van der Waals surface area contributed by atoms with E-state index in [1.807, 2.05) is 11.0 Å². The molecule has 6 nitrogen and oxygen atoms in total. The first kappa shape index (κ1) is 15.7. The highest BCUT2D eigenvalue weighted by Gasteiger charge is 2.53. The molecule has 2 fully saturated rings. The van der Waals surface area contributed by atoms with E-state index in [2.05, 4.69) is 42.6 Å². The standard InChI is InChI=1S/C17H20BrN5O/c1-2-22-11-20-21-15(22)14-9-23(10-17(14)4-3-5-17)16(24)12-6-13(18)8-19-7-12/h6-8,11,14H,2-5,9-10H2,1H3. The molecule has 1 atom stereocenters. The summed E-state index contributed by atoms with van der Waals surface area (Å²) < 4.78 is 2.94. The van der Waals surface area contributed by atoms with Gasteiger partial charge in [0.2, 0.25) is 0 Å². The van der Waals surface area contributed by atoms with Gasteiger partial charge in [-0.3, -0.25) is 9.78 Å². The molecular weight excluding hydrogens is 370 g/mol. The van der Waals surface area contributed by atoms with E-state index >= 15 is 0 Å². The molecular formula is C17H20BrN5O. The third kappa shape index (κ3) is 2.46. The first-order chi connectivity index (χ1) is 11.6. The second kappa shape index (κ2) is 5.95. The third-order valence-electron chi connectivity index (χ3n) is 5.53. The summed E-state index contributed by atoms with van der Waals surface area (Å²) in [5, 5.41) is 8.48. The number of nitrogens with zero attached hydrogens (tertiary/aromatic N) is 5. The van der Waals surface area contributed by atoms with Crippen LogP contribution in [0.15, 0.2) is 29.3 Å². The molecule has 1 aliphatic heterocycles. The van der Waals surface area contributed by atoms with Crippen LogP contribution in [0.4, 0.5) is 0 Å². The number of amides is 1. The Morgan fingerprint density at radius 2 is 2.25 bits per heavy atom. The fourth-order valence-corrected chi connectivity index (χ4v) is 4.47. The number of likely N-dealkylation sites (tertiary alicyclic amines) is 1. The van der Waals surface area contributed by atoms with Gasteiger partial charge in [0, 0.05) is 42.4 Å². The van der Waals surface area contributed by atoms with Crippen molar-refractivity contribution in [1.29, 1.82) is 0 Å². The van der Waals surface area contributed by atoms with E-state index in [0.717, 1.165) is 36.2 Å². The first-order valence-corrected chi connectivity index (χ1v) is 9.20. The normalized spacial score (nSPS) is 21.9. The van der Waals surface area contributed by atoms with Gasteiger partial charge in [0.05, 0.1) is 5.56 Å². The van der Waals surface area contributed by atoms with Gasteiger partial charge in [0.15, 0.2) is 0 Å². The lowest BCUT2D eigenvalue weighted by atomic mass is 9.62. The van der Waals surface area contributed by atoms with Crippen LogP contribution in [-0.4, -0.2) is 43.6 Å². The Bertz CT molecular complexity index is 770. The van der Waals surface area contributed by atoms with Gasteiger partial charge < -0.3 is 9.47 Å². The van der Waals surface area contributed by atoms with Crippen molar-refractivity contribution < 1.29 is 4.79 Å². The molecule has 1 unspecified atom stereocenters. The molecule has 2 aliphatic rings. The van der Waals surface area contributed by atoms with Gasteiger partial charge in [-0.25, -0.2) is 0 Å². The largest absolute Gasteiger partial charge is 0.337 e. The Balaban J connectivity index is 1.63. The summed E-state index contributed by atoms with van der Waals surface area (Å²) in [7, 11) is 0. The predicted molar refractivity (Wildman–Crippen MR) is 92.6 cm³/mol. The third-order valence-corrected chi connectivity index (χ3v) is 5.97. The summed E-state index contributed by atoms with van der Waals surface area (Å²) in [4.78, 5) is 19.0. The minimum atomic E-state index is 0.0557. The molecule has 7 heteroatoms. The van der Waals surface area contributed by atoms with Gasteiger partial charge in [-0.2, -0.15) is 0 Å². The van der Waals surface area contributed by atoms with Crippen molar-refractivity contribution >= 4 is 21.8 Å². The molecule has 0 N–H and O–H groups in total. The first-order valence-electron chi connectivity index (χ1n) is 8.40. The zero-order valence-electron chi connectivity index (χ0n) is 13.7. The van der Waals surface area contributed by atoms with Crippen LogP contribution in [0.25, 0.3) is 0 Å². The molecule has 126 valence electrons. The van der Waals surface area contributed by atoms with Crippen LogP contribution in [-0.2, 0) is 6.54 Å². The number of aromatic nitrogens is 4. The maximum atomic E-state index is 12.9. The molecule has 3 heterocycles. The number of rotatable bonds is 3. The lowest BCUT2D eigenvalue weighted by Gasteiger charge is -2.42. The van der Waals surface area contributed by atoms with Crippen molar-refractivity contribution in [3.05, 3.63) is 40.6 Å². The topological polar surface area (TPSA) is 63.9 Å². The van der Waals surface area contributed by atoms with Crippen molar-refractivity contribution in [2.75, 3.05) is 13.1 Å². The van der Waals surface area contributed by atoms with Gasteiger partial charge in [-0.1, -0.05) is 6.42 Å². The van der Waals surface area contributed by atoms with Crippen molar-refractivity contribution in [2.24, 2.45) is 5.41 Å². The van der Waals surface area contributed by atoms with Crippen molar-refractivity contribution in [2.45, 2.75) is 38.6 Å². The Hall–Kier alpha value is -1.76. The monoisotopic (exact) mass is 389 g/mol. The van der Waals surface area contributed by atoms with Crippen LogP contribution in [0.5, 0.6) is 0 Å². The summed E-state index contributed by atoms with van der Waals surface area (Å²) in [5.74, 6) is 1.36. The molecule has 2 aromatic heterocycles. The van der Waals surface area contributed by atoms with Gasteiger partial charge in [0.1, 0.15) is 12.2 Å². The molecule has 0 bridgehead atoms. The van der Waals surface area contributed by atoms with Gasteiger partial charge in [0.25, 0.3) is 5.91 Å². The number of pyridine rings is 1. The second-order valence-electron chi connectivity index (χ2n) is 6.82. The quantitative estimate of drug-likeness (QED) is 0.809. The number of carbonyl (C=O) groups is 1. The van der Waals surface area contributed by atoms with Crippen molar-refractivity contribution in [1.82, 2.24) is 24.6 Å². The van der Waals surface area contributed by atoms with Crippen molar-refractivity contribution in [3.63, 3.8) is 0 Å². The Morgan fingerprint density at radius 1 is 1.42 bits per heavy atom. The minimum Gasteiger partial charge on any atom is -0.337 e. The van der Waals surface area contributed by atoms with Gasteiger partial charge >= 0.3 is 0 Å².